The van der Waals surface area contributed by atoms with E-state index in [2.05, 4.69) is 40.4 Å². The number of benzene rings is 1. The number of carbonyl (C=O) groups is 1. The third-order valence-electron chi connectivity index (χ3n) is 3.75. The summed E-state index contributed by atoms with van der Waals surface area (Å²) in [5, 5.41) is 13.7. The molecule has 3 aromatic heterocycles. The zero-order valence-corrected chi connectivity index (χ0v) is 15.8. The van der Waals surface area contributed by atoms with Gasteiger partial charge in [0.25, 0.3) is 5.91 Å². The molecule has 0 aliphatic carbocycles. The Balaban J connectivity index is 1.51. The van der Waals surface area contributed by atoms with E-state index in [1.807, 2.05) is 35.7 Å². The number of anilines is 1. The van der Waals surface area contributed by atoms with Gasteiger partial charge >= 0.3 is 0 Å². The molecular weight excluding hydrogens is 366 g/mol. The molecule has 0 fully saturated rings. The largest absolute Gasteiger partial charge is 0.296 e. The number of nitrogens with zero attached hydrogens (tertiary/aromatic N) is 4. The van der Waals surface area contributed by atoms with Gasteiger partial charge in [-0.05, 0) is 32.0 Å². The maximum Gasteiger partial charge on any atom is 0.279 e. The average molecular weight is 381 g/mol. The maximum absolute atomic E-state index is 12.4. The van der Waals surface area contributed by atoms with Crippen LogP contribution in [0.25, 0.3) is 16.9 Å². The summed E-state index contributed by atoms with van der Waals surface area (Å²) in [4.78, 5) is 20.8. The van der Waals surface area contributed by atoms with Crippen LogP contribution < -0.4 is 5.32 Å². The van der Waals surface area contributed by atoms with E-state index in [0.29, 0.717) is 5.13 Å². The van der Waals surface area contributed by atoms with Gasteiger partial charge in [0, 0.05) is 20.7 Å². The van der Waals surface area contributed by atoms with Crippen LogP contribution in [0.1, 0.15) is 20.2 Å². The highest BCUT2D eigenvalue weighted by Crippen LogP contribution is 2.32. The van der Waals surface area contributed by atoms with Crippen molar-refractivity contribution in [1.29, 1.82) is 0 Å². The van der Waals surface area contributed by atoms with E-state index in [4.69, 9.17) is 0 Å². The number of hydrogen-bond acceptors (Lipinski definition) is 6. The summed E-state index contributed by atoms with van der Waals surface area (Å²) in [5.41, 5.74) is 3.03. The lowest BCUT2D eigenvalue weighted by Crippen LogP contribution is -2.13. The Hall–Kier alpha value is -2.84. The second-order valence-corrected chi connectivity index (χ2v) is 7.99. The number of amides is 1. The standard InChI is InChI=1S/C18H15N5OS2/c1-11-8-14(12(2)26-11)16-10-25-18(20-16)21-17(24)15-9-19-23(22-15)13-6-4-3-5-7-13/h3-10H,1-2H3,(H,20,21,24). The fourth-order valence-electron chi connectivity index (χ4n) is 2.55. The van der Waals surface area contributed by atoms with Gasteiger partial charge < -0.3 is 0 Å². The lowest BCUT2D eigenvalue weighted by molar-refractivity contribution is 0.102. The first kappa shape index (κ1) is 16.6. The Morgan fingerprint density at radius 2 is 2.00 bits per heavy atom. The summed E-state index contributed by atoms with van der Waals surface area (Å²) in [5.74, 6) is -0.327. The van der Waals surface area contributed by atoms with Crippen LogP contribution in [0.15, 0.2) is 48.0 Å². The van der Waals surface area contributed by atoms with Crippen molar-refractivity contribution in [1.82, 2.24) is 20.0 Å². The molecule has 130 valence electrons. The molecule has 0 atom stereocenters. The first-order valence-electron chi connectivity index (χ1n) is 7.92. The number of thiazole rings is 1. The van der Waals surface area contributed by atoms with E-state index in [1.165, 1.54) is 32.1 Å². The molecule has 0 saturated carbocycles. The van der Waals surface area contributed by atoms with Gasteiger partial charge in [0.05, 0.1) is 17.6 Å². The number of aromatic nitrogens is 4. The third-order valence-corrected chi connectivity index (χ3v) is 5.48. The van der Waals surface area contributed by atoms with Gasteiger partial charge in [-0.25, -0.2) is 4.98 Å². The first-order valence-corrected chi connectivity index (χ1v) is 9.62. The van der Waals surface area contributed by atoms with Crippen LogP contribution in [0.4, 0.5) is 5.13 Å². The fourth-order valence-corrected chi connectivity index (χ4v) is 4.19. The molecule has 1 N–H and O–H groups in total. The average Bonchev–Trinajstić information content (AvgIpc) is 3.35. The molecular formula is C18H15N5OS2. The summed E-state index contributed by atoms with van der Waals surface area (Å²) < 4.78 is 0. The highest BCUT2D eigenvalue weighted by molar-refractivity contribution is 7.14. The first-order chi connectivity index (χ1) is 12.6. The minimum Gasteiger partial charge on any atom is -0.296 e. The molecule has 0 spiro atoms. The van der Waals surface area contributed by atoms with Crippen molar-refractivity contribution < 1.29 is 4.79 Å². The molecule has 0 radical (unpaired) electrons. The highest BCUT2D eigenvalue weighted by atomic mass is 32.1. The van der Waals surface area contributed by atoms with Crippen LogP contribution in [0.5, 0.6) is 0 Å². The molecule has 4 aromatic rings. The predicted molar refractivity (Wildman–Crippen MR) is 104 cm³/mol. The summed E-state index contributed by atoms with van der Waals surface area (Å²) in [6.45, 7) is 4.15. The van der Waals surface area contributed by atoms with Gasteiger partial charge in [-0.3, -0.25) is 10.1 Å². The molecule has 6 nitrogen and oxygen atoms in total. The molecule has 0 aliphatic heterocycles. The molecule has 0 aliphatic rings. The van der Waals surface area contributed by atoms with E-state index in [0.717, 1.165) is 16.9 Å². The zero-order valence-electron chi connectivity index (χ0n) is 14.1. The summed E-state index contributed by atoms with van der Waals surface area (Å²) in [6.07, 6.45) is 1.45. The Kier molecular flexibility index (Phi) is 4.36. The van der Waals surface area contributed by atoms with E-state index >= 15 is 0 Å². The molecule has 1 amide bonds. The van der Waals surface area contributed by atoms with Gasteiger partial charge in [-0.15, -0.1) is 27.8 Å². The molecule has 26 heavy (non-hydrogen) atoms. The van der Waals surface area contributed by atoms with Gasteiger partial charge in [-0.1, -0.05) is 18.2 Å². The molecule has 3 heterocycles. The smallest absolute Gasteiger partial charge is 0.279 e. The number of aryl methyl sites for hydroxylation is 2. The number of rotatable bonds is 4. The minimum absolute atomic E-state index is 0.244. The van der Waals surface area contributed by atoms with Crippen LogP contribution in [0.3, 0.4) is 0 Å². The van der Waals surface area contributed by atoms with Crippen LogP contribution in [-0.4, -0.2) is 25.9 Å². The molecule has 0 unspecified atom stereocenters. The van der Waals surface area contributed by atoms with E-state index in [1.54, 1.807) is 11.3 Å². The van der Waals surface area contributed by atoms with E-state index in [-0.39, 0.29) is 11.6 Å². The topological polar surface area (TPSA) is 72.7 Å². The van der Waals surface area contributed by atoms with Crippen molar-refractivity contribution in [3.63, 3.8) is 0 Å². The second-order valence-electron chi connectivity index (χ2n) is 5.67. The third kappa shape index (κ3) is 3.29. The Labute approximate surface area is 158 Å². The lowest BCUT2D eigenvalue weighted by atomic mass is 10.2. The van der Waals surface area contributed by atoms with Crippen LogP contribution in [-0.2, 0) is 0 Å². The molecule has 0 saturated heterocycles. The zero-order chi connectivity index (χ0) is 18.1. The maximum atomic E-state index is 12.4. The van der Waals surface area contributed by atoms with Crippen molar-refractivity contribution in [2.45, 2.75) is 13.8 Å². The monoisotopic (exact) mass is 381 g/mol. The van der Waals surface area contributed by atoms with Crippen molar-refractivity contribution in [2.75, 3.05) is 5.32 Å². The molecule has 1 aromatic carbocycles. The van der Waals surface area contributed by atoms with Crippen molar-refractivity contribution in [3.05, 3.63) is 63.4 Å². The van der Waals surface area contributed by atoms with E-state index < -0.39 is 0 Å². The van der Waals surface area contributed by atoms with Crippen LogP contribution >= 0.6 is 22.7 Å². The number of thiophene rings is 1. The van der Waals surface area contributed by atoms with E-state index in [9.17, 15) is 4.79 Å². The second kappa shape index (κ2) is 6.81. The number of nitrogens with one attached hydrogen (secondary N) is 1. The summed E-state index contributed by atoms with van der Waals surface area (Å²) in [7, 11) is 0. The fraction of sp³-hybridized carbons (Fsp3) is 0.111. The van der Waals surface area contributed by atoms with Gasteiger partial charge in [-0.2, -0.15) is 9.90 Å². The molecule has 0 bridgehead atoms. The Bertz CT molecular complexity index is 1060. The highest BCUT2D eigenvalue weighted by Gasteiger charge is 2.15. The van der Waals surface area contributed by atoms with Gasteiger partial charge in [0.1, 0.15) is 0 Å². The summed E-state index contributed by atoms with van der Waals surface area (Å²) >= 11 is 3.14. The van der Waals surface area contributed by atoms with Gasteiger partial charge in [0.15, 0.2) is 10.8 Å². The predicted octanol–water partition coefficient (Wildman–Crippen LogP) is 4.32. The minimum atomic E-state index is -0.327. The molecule has 8 heteroatoms. The van der Waals surface area contributed by atoms with Crippen LogP contribution in [0, 0.1) is 13.8 Å². The lowest BCUT2D eigenvalue weighted by Gasteiger charge is -1.99. The van der Waals surface area contributed by atoms with Crippen molar-refractivity contribution in [2.24, 2.45) is 0 Å². The van der Waals surface area contributed by atoms with Crippen molar-refractivity contribution in [3.8, 4) is 16.9 Å². The summed E-state index contributed by atoms with van der Waals surface area (Å²) in [6, 6.07) is 11.6. The Morgan fingerprint density at radius 1 is 1.19 bits per heavy atom. The van der Waals surface area contributed by atoms with Gasteiger partial charge in [0.2, 0.25) is 0 Å². The van der Waals surface area contributed by atoms with Crippen LogP contribution in [0.2, 0.25) is 0 Å². The number of carbonyl (C=O) groups excluding carboxylic acids is 1. The SMILES string of the molecule is Cc1cc(-c2csc(NC(=O)c3cnn(-c4ccccc4)n3)n2)c(C)s1. The quantitative estimate of drug-likeness (QED) is 0.571. The number of para-hydroxylation sites is 1. The number of hydrogen-bond donors (Lipinski definition) is 1. The molecule has 4 rings (SSSR count). The Morgan fingerprint density at radius 3 is 2.73 bits per heavy atom. The normalized spacial score (nSPS) is 10.8. The van der Waals surface area contributed by atoms with Crippen molar-refractivity contribution >= 4 is 33.7 Å².